The highest BCUT2D eigenvalue weighted by Crippen LogP contribution is 2.27. The van der Waals surface area contributed by atoms with Crippen LogP contribution in [0.25, 0.3) is 0 Å². The Balaban J connectivity index is 2.65. The van der Waals surface area contributed by atoms with Crippen LogP contribution in [-0.4, -0.2) is 25.0 Å². The second-order valence-electron chi connectivity index (χ2n) is 5.06. The molecule has 0 aromatic heterocycles. The van der Waals surface area contributed by atoms with E-state index < -0.39 is 6.04 Å². The molecule has 1 amide bonds. The van der Waals surface area contributed by atoms with Crippen LogP contribution in [0.4, 0.5) is 0 Å². The minimum atomic E-state index is -0.463. The molecule has 1 N–H and O–H groups in total. The molecule has 1 aliphatic carbocycles. The lowest BCUT2D eigenvalue weighted by molar-refractivity contribution is -0.147. The van der Waals surface area contributed by atoms with E-state index in [9.17, 15) is 9.59 Å². The largest absolute Gasteiger partial charge is 0.467 e. The van der Waals surface area contributed by atoms with Crippen LogP contribution in [-0.2, 0) is 14.3 Å². The van der Waals surface area contributed by atoms with E-state index >= 15 is 0 Å². The monoisotopic (exact) mass is 241 g/mol. The highest BCUT2D eigenvalue weighted by Gasteiger charge is 2.31. The summed E-state index contributed by atoms with van der Waals surface area (Å²) in [6, 6.07) is -0.463. The quantitative estimate of drug-likeness (QED) is 0.765. The average molecular weight is 241 g/mol. The maximum absolute atomic E-state index is 11.7. The fraction of sp³-hybridized carbons (Fsp3) is 0.846. The number of carbonyl (C=O) groups is 2. The molecule has 0 aliphatic heterocycles. The summed E-state index contributed by atoms with van der Waals surface area (Å²) in [5.41, 5.74) is 0. The molecule has 1 aliphatic rings. The van der Waals surface area contributed by atoms with E-state index in [0.29, 0.717) is 0 Å². The minimum absolute atomic E-state index is 0.0778. The van der Waals surface area contributed by atoms with Gasteiger partial charge < -0.3 is 10.1 Å². The topological polar surface area (TPSA) is 55.4 Å². The Morgan fingerprint density at radius 1 is 1.18 bits per heavy atom. The first-order valence-corrected chi connectivity index (χ1v) is 6.44. The predicted molar refractivity (Wildman–Crippen MR) is 65.4 cm³/mol. The van der Waals surface area contributed by atoms with E-state index in [1.54, 1.807) is 0 Å². The Labute approximate surface area is 103 Å². The number of ether oxygens (including phenoxy) is 1. The van der Waals surface area contributed by atoms with Gasteiger partial charge in [-0.15, -0.1) is 0 Å². The molecular weight excluding hydrogens is 218 g/mol. The van der Waals surface area contributed by atoms with Gasteiger partial charge in [-0.05, 0) is 18.8 Å². The lowest BCUT2D eigenvalue weighted by Crippen LogP contribution is -2.48. The molecule has 0 spiro atoms. The van der Waals surface area contributed by atoms with Crippen LogP contribution in [0.15, 0.2) is 0 Å². The SMILES string of the molecule is COC(=O)[C@@H](NC(=O)C(C)C)C1CCCCC1. The number of methoxy groups -OCH3 is 1. The fourth-order valence-corrected chi connectivity index (χ4v) is 2.28. The summed E-state index contributed by atoms with van der Waals surface area (Å²) in [6.07, 6.45) is 5.49. The van der Waals surface area contributed by atoms with Crippen molar-refractivity contribution in [1.29, 1.82) is 0 Å². The molecule has 1 fully saturated rings. The molecule has 1 rings (SSSR count). The van der Waals surface area contributed by atoms with Crippen molar-refractivity contribution in [3.05, 3.63) is 0 Å². The third-order valence-electron chi connectivity index (χ3n) is 3.40. The molecule has 17 heavy (non-hydrogen) atoms. The predicted octanol–water partition coefficient (Wildman–Crippen LogP) is 1.88. The van der Waals surface area contributed by atoms with Crippen LogP contribution >= 0.6 is 0 Å². The van der Waals surface area contributed by atoms with Crippen molar-refractivity contribution in [2.45, 2.75) is 52.0 Å². The molecule has 0 aromatic rings. The summed E-state index contributed by atoms with van der Waals surface area (Å²) in [5.74, 6) is -0.262. The van der Waals surface area contributed by atoms with E-state index in [0.717, 1.165) is 25.7 Å². The van der Waals surface area contributed by atoms with E-state index in [1.165, 1.54) is 13.5 Å². The summed E-state index contributed by atoms with van der Waals surface area (Å²) in [6.45, 7) is 3.65. The van der Waals surface area contributed by atoms with Crippen molar-refractivity contribution < 1.29 is 14.3 Å². The standard InChI is InChI=1S/C13H23NO3/c1-9(2)12(15)14-11(13(16)17-3)10-7-5-4-6-8-10/h9-11H,4-8H2,1-3H3,(H,14,15)/t11-/m0/s1. The van der Waals surface area contributed by atoms with Crippen LogP contribution in [0.1, 0.15) is 46.0 Å². The second kappa shape index (κ2) is 6.62. The molecule has 0 unspecified atom stereocenters. The van der Waals surface area contributed by atoms with Gasteiger partial charge in [-0.2, -0.15) is 0 Å². The third-order valence-corrected chi connectivity index (χ3v) is 3.40. The molecule has 0 bridgehead atoms. The maximum atomic E-state index is 11.7. The zero-order valence-corrected chi connectivity index (χ0v) is 11.0. The summed E-state index contributed by atoms with van der Waals surface area (Å²) >= 11 is 0. The van der Waals surface area contributed by atoms with Crippen LogP contribution in [0.3, 0.4) is 0 Å². The second-order valence-corrected chi connectivity index (χ2v) is 5.06. The van der Waals surface area contributed by atoms with Gasteiger partial charge in [0.1, 0.15) is 6.04 Å². The Bertz CT molecular complexity index is 270. The molecule has 0 saturated heterocycles. The van der Waals surface area contributed by atoms with E-state index in [2.05, 4.69) is 5.32 Å². The van der Waals surface area contributed by atoms with Crippen LogP contribution < -0.4 is 5.32 Å². The fourth-order valence-electron chi connectivity index (χ4n) is 2.28. The number of nitrogens with one attached hydrogen (secondary N) is 1. The number of esters is 1. The number of hydrogen-bond acceptors (Lipinski definition) is 3. The van der Waals surface area contributed by atoms with Gasteiger partial charge >= 0.3 is 5.97 Å². The van der Waals surface area contributed by atoms with Gasteiger partial charge in [0, 0.05) is 5.92 Å². The first-order valence-electron chi connectivity index (χ1n) is 6.44. The molecule has 0 aromatic carbocycles. The minimum Gasteiger partial charge on any atom is -0.467 e. The van der Waals surface area contributed by atoms with Gasteiger partial charge in [0.05, 0.1) is 7.11 Å². The number of amides is 1. The van der Waals surface area contributed by atoms with E-state index in [4.69, 9.17) is 4.74 Å². The third kappa shape index (κ3) is 4.02. The van der Waals surface area contributed by atoms with Crippen LogP contribution in [0, 0.1) is 11.8 Å². The average Bonchev–Trinajstić information content (AvgIpc) is 2.35. The zero-order chi connectivity index (χ0) is 12.8. The Morgan fingerprint density at radius 2 is 1.76 bits per heavy atom. The molecule has 0 heterocycles. The van der Waals surface area contributed by atoms with E-state index in [-0.39, 0.29) is 23.7 Å². The number of rotatable bonds is 4. The van der Waals surface area contributed by atoms with Gasteiger partial charge in [-0.25, -0.2) is 4.79 Å². The summed E-state index contributed by atoms with van der Waals surface area (Å²) in [4.78, 5) is 23.4. The molecule has 4 heteroatoms. The maximum Gasteiger partial charge on any atom is 0.328 e. The highest BCUT2D eigenvalue weighted by atomic mass is 16.5. The van der Waals surface area contributed by atoms with Gasteiger partial charge in [0.15, 0.2) is 0 Å². The van der Waals surface area contributed by atoms with Gasteiger partial charge in [0.2, 0.25) is 5.91 Å². The normalized spacial score (nSPS) is 18.8. The van der Waals surface area contributed by atoms with Gasteiger partial charge in [-0.1, -0.05) is 33.1 Å². The number of hydrogen-bond donors (Lipinski definition) is 1. The summed E-state index contributed by atoms with van der Waals surface area (Å²) in [7, 11) is 1.37. The first-order chi connectivity index (χ1) is 8.06. The van der Waals surface area contributed by atoms with Crippen molar-refractivity contribution in [3.8, 4) is 0 Å². The Morgan fingerprint density at radius 3 is 2.24 bits per heavy atom. The molecule has 0 radical (unpaired) electrons. The van der Waals surface area contributed by atoms with Crippen molar-refractivity contribution in [2.75, 3.05) is 7.11 Å². The highest BCUT2D eigenvalue weighted by molar-refractivity contribution is 5.85. The van der Waals surface area contributed by atoms with Crippen molar-refractivity contribution in [1.82, 2.24) is 5.32 Å². The van der Waals surface area contributed by atoms with Crippen molar-refractivity contribution in [2.24, 2.45) is 11.8 Å². The summed E-state index contributed by atoms with van der Waals surface area (Å²) < 4.78 is 4.79. The van der Waals surface area contributed by atoms with Crippen LogP contribution in [0.2, 0.25) is 0 Å². The van der Waals surface area contributed by atoms with Gasteiger partial charge in [0.25, 0.3) is 0 Å². The molecule has 1 saturated carbocycles. The van der Waals surface area contributed by atoms with E-state index in [1.807, 2.05) is 13.8 Å². The van der Waals surface area contributed by atoms with Crippen molar-refractivity contribution >= 4 is 11.9 Å². The first kappa shape index (κ1) is 14.0. The summed E-state index contributed by atoms with van der Waals surface area (Å²) in [5, 5.41) is 2.82. The molecular formula is C13H23NO3. The lowest BCUT2D eigenvalue weighted by Gasteiger charge is -2.29. The number of carbonyl (C=O) groups excluding carboxylic acids is 2. The zero-order valence-electron chi connectivity index (χ0n) is 11.0. The molecule has 4 nitrogen and oxygen atoms in total. The van der Waals surface area contributed by atoms with Crippen molar-refractivity contribution in [3.63, 3.8) is 0 Å². The van der Waals surface area contributed by atoms with Crippen LogP contribution in [0.5, 0.6) is 0 Å². The Hall–Kier alpha value is -1.06. The molecule has 1 atom stereocenters. The van der Waals surface area contributed by atoms with Gasteiger partial charge in [-0.3, -0.25) is 4.79 Å². The smallest absolute Gasteiger partial charge is 0.328 e. The lowest BCUT2D eigenvalue weighted by atomic mass is 9.83. The Kier molecular flexibility index (Phi) is 5.45. The molecule has 98 valence electrons.